The molecule has 2 N–H and O–H groups in total. The SMILES string of the molecule is NC1=CCC(Cl)(C=O)C=C1. The highest BCUT2D eigenvalue weighted by Gasteiger charge is 2.23. The second-order valence-electron chi connectivity index (χ2n) is 2.29. The van der Waals surface area contributed by atoms with Gasteiger partial charge in [0.15, 0.2) is 0 Å². The van der Waals surface area contributed by atoms with Crippen molar-refractivity contribution in [2.75, 3.05) is 0 Å². The van der Waals surface area contributed by atoms with Gasteiger partial charge >= 0.3 is 0 Å². The lowest BCUT2D eigenvalue weighted by Gasteiger charge is -2.16. The summed E-state index contributed by atoms with van der Waals surface area (Å²) >= 11 is 5.77. The average molecular weight is 158 g/mol. The predicted octanol–water partition coefficient (Wildman–Crippen LogP) is 0.965. The fourth-order valence-electron chi connectivity index (χ4n) is 0.733. The summed E-state index contributed by atoms with van der Waals surface area (Å²) in [5.41, 5.74) is 6.08. The fraction of sp³-hybridized carbons (Fsp3) is 0.286. The van der Waals surface area contributed by atoms with Gasteiger partial charge in [0.2, 0.25) is 0 Å². The molecule has 0 aromatic heterocycles. The van der Waals surface area contributed by atoms with Crippen LogP contribution in [-0.4, -0.2) is 11.2 Å². The molecule has 0 fully saturated rings. The van der Waals surface area contributed by atoms with Crippen molar-refractivity contribution in [3.63, 3.8) is 0 Å². The first-order chi connectivity index (χ1) is 4.66. The van der Waals surface area contributed by atoms with E-state index in [1.54, 1.807) is 18.2 Å². The van der Waals surface area contributed by atoms with E-state index in [1.807, 2.05) is 0 Å². The van der Waals surface area contributed by atoms with Crippen LogP contribution >= 0.6 is 11.6 Å². The molecule has 0 aromatic carbocycles. The molecule has 3 heteroatoms. The van der Waals surface area contributed by atoms with Gasteiger partial charge in [-0.1, -0.05) is 12.2 Å². The van der Waals surface area contributed by atoms with E-state index in [-0.39, 0.29) is 0 Å². The predicted molar refractivity (Wildman–Crippen MR) is 40.7 cm³/mol. The molecule has 0 saturated heterocycles. The molecule has 0 aliphatic heterocycles. The van der Waals surface area contributed by atoms with Gasteiger partial charge in [0, 0.05) is 5.70 Å². The largest absolute Gasteiger partial charge is 0.399 e. The Hall–Kier alpha value is -0.760. The van der Waals surface area contributed by atoms with Gasteiger partial charge in [-0.25, -0.2) is 0 Å². The minimum Gasteiger partial charge on any atom is -0.399 e. The van der Waals surface area contributed by atoms with E-state index in [4.69, 9.17) is 17.3 Å². The van der Waals surface area contributed by atoms with Gasteiger partial charge in [-0.15, -0.1) is 11.6 Å². The summed E-state index contributed by atoms with van der Waals surface area (Å²) in [6.07, 6.45) is 6.19. The highest BCUT2D eigenvalue weighted by Crippen LogP contribution is 2.23. The second-order valence-corrected chi connectivity index (χ2v) is 2.99. The Morgan fingerprint density at radius 1 is 1.80 bits per heavy atom. The van der Waals surface area contributed by atoms with Crippen LogP contribution in [0.25, 0.3) is 0 Å². The maximum absolute atomic E-state index is 10.3. The van der Waals surface area contributed by atoms with Gasteiger partial charge in [-0.05, 0) is 12.5 Å². The highest BCUT2D eigenvalue weighted by atomic mass is 35.5. The van der Waals surface area contributed by atoms with Crippen LogP contribution in [0.15, 0.2) is 23.9 Å². The lowest BCUT2D eigenvalue weighted by molar-refractivity contribution is -0.109. The van der Waals surface area contributed by atoms with Crippen molar-refractivity contribution >= 4 is 17.9 Å². The van der Waals surface area contributed by atoms with Crippen molar-refractivity contribution in [3.8, 4) is 0 Å². The topological polar surface area (TPSA) is 43.1 Å². The molecule has 0 saturated carbocycles. The number of alkyl halides is 1. The van der Waals surface area contributed by atoms with Crippen LogP contribution in [0.2, 0.25) is 0 Å². The van der Waals surface area contributed by atoms with E-state index in [9.17, 15) is 4.79 Å². The summed E-state index contributed by atoms with van der Waals surface area (Å²) in [7, 11) is 0. The molecular weight excluding hydrogens is 150 g/mol. The Morgan fingerprint density at radius 2 is 2.50 bits per heavy atom. The summed E-state index contributed by atoms with van der Waals surface area (Å²) in [4.78, 5) is 9.49. The van der Waals surface area contributed by atoms with Crippen LogP contribution in [0.5, 0.6) is 0 Å². The van der Waals surface area contributed by atoms with Crippen molar-refractivity contribution in [1.29, 1.82) is 0 Å². The Kier molecular flexibility index (Phi) is 1.81. The number of carbonyl (C=O) groups is 1. The van der Waals surface area contributed by atoms with Crippen molar-refractivity contribution in [2.24, 2.45) is 5.73 Å². The molecule has 0 bridgehead atoms. The summed E-state index contributed by atoms with van der Waals surface area (Å²) in [5.74, 6) is 0. The van der Waals surface area contributed by atoms with E-state index < -0.39 is 4.87 Å². The van der Waals surface area contributed by atoms with Crippen molar-refractivity contribution in [1.82, 2.24) is 0 Å². The molecule has 1 aliphatic rings. The van der Waals surface area contributed by atoms with Gasteiger partial charge in [0.25, 0.3) is 0 Å². The first-order valence-corrected chi connectivity index (χ1v) is 3.34. The third-order valence-electron chi connectivity index (χ3n) is 1.40. The normalized spacial score (nSPS) is 31.5. The quantitative estimate of drug-likeness (QED) is 0.455. The number of halogens is 1. The standard InChI is InChI=1S/C7H8ClNO/c8-7(5-10)3-1-6(9)2-4-7/h1-3,5H,4,9H2. The first kappa shape index (κ1) is 7.35. The second kappa shape index (κ2) is 2.46. The van der Waals surface area contributed by atoms with Crippen molar-refractivity contribution in [2.45, 2.75) is 11.3 Å². The number of carbonyl (C=O) groups excluding carboxylic acids is 1. The Morgan fingerprint density at radius 3 is 2.90 bits per heavy atom. The Bertz CT molecular complexity index is 210. The van der Waals surface area contributed by atoms with Crippen LogP contribution in [0, 0.1) is 0 Å². The van der Waals surface area contributed by atoms with E-state index in [2.05, 4.69) is 0 Å². The number of nitrogens with two attached hydrogens (primary N) is 1. The average Bonchev–Trinajstić information content (AvgIpc) is 1.96. The van der Waals surface area contributed by atoms with Gasteiger partial charge in [0.1, 0.15) is 11.2 Å². The Labute approximate surface area is 64.3 Å². The van der Waals surface area contributed by atoms with Gasteiger partial charge in [0.05, 0.1) is 0 Å². The third-order valence-corrected chi connectivity index (χ3v) is 1.77. The molecule has 1 unspecified atom stereocenters. The number of hydrogen-bond acceptors (Lipinski definition) is 2. The molecule has 0 aromatic rings. The number of aldehydes is 1. The van der Waals surface area contributed by atoms with E-state index in [1.165, 1.54) is 0 Å². The number of allylic oxidation sites excluding steroid dienone is 3. The van der Waals surface area contributed by atoms with Gasteiger partial charge in [-0.3, -0.25) is 0 Å². The molecule has 10 heavy (non-hydrogen) atoms. The smallest absolute Gasteiger partial charge is 0.145 e. The van der Waals surface area contributed by atoms with Crippen LogP contribution < -0.4 is 5.73 Å². The van der Waals surface area contributed by atoms with Gasteiger partial charge in [-0.2, -0.15) is 0 Å². The molecule has 0 radical (unpaired) electrons. The van der Waals surface area contributed by atoms with Crippen molar-refractivity contribution in [3.05, 3.63) is 23.9 Å². The van der Waals surface area contributed by atoms with E-state index >= 15 is 0 Å². The highest BCUT2D eigenvalue weighted by molar-refractivity contribution is 6.33. The lowest BCUT2D eigenvalue weighted by atomic mass is 10.0. The summed E-state index contributed by atoms with van der Waals surface area (Å²) < 4.78 is 0. The van der Waals surface area contributed by atoms with Crippen molar-refractivity contribution < 1.29 is 4.79 Å². The third kappa shape index (κ3) is 1.39. The molecule has 0 heterocycles. The molecule has 1 atom stereocenters. The maximum Gasteiger partial charge on any atom is 0.145 e. The molecule has 1 rings (SSSR count). The summed E-state index contributed by atoms with van der Waals surface area (Å²) in [6, 6.07) is 0. The zero-order valence-electron chi connectivity index (χ0n) is 5.38. The molecule has 1 aliphatic carbocycles. The minimum atomic E-state index is -0.844. The molecule has 2 nitrogen and oxygen atoms in total. The zero-order valence-corrected chi connectivity index (χ0v) is 6.14. The maximum atomic E-state index is 10.3. The summed E-state index contributed by atoms with van der Waals surface area (Å²) in [5, 5.41) is 0. The van der Waals surface area contributed by atoms with E-state index in [0.29, 0.717) is 18.4 Å². The van der Waals surface area contributed by atoms with Crippen LogP contribution in [-0.2, 0) is 4.79 Å². The lowest BCUT2D eigenvalue weighted by Crippen LogP contribution is -2.22. The minimum absolute atomic E-state index is 0.486. The van der Waals surface area contributed by atoms with Gasteiger partial charge < -0.3 is 10.5 Å². The molecule has 0 spiro atoms. The van der Waals surface area contributed by atoms with Crippen LogP contribution in [0.3, 0.4) is 0 Å². The Balaban J connectivity index is 2.76. The van der Waals surface area contributed by atoms with Crippen LogP contribution in [0.4, 0.5) is 0 Å². The molecule has 54 valence electrons. The molecular formula is C7H8ClNO. The van der Waals surface area contributed by atoms with Crippen LogP contribution in [0.1, 0.15) is 6.42 Å². The van der Waals surface area contributed by atoms with E-state index in [0.717, 1.165) is 0 Å². The fourth-order valence-corrected chi connectivity index (χ4v) is 0.873. The molecule has 0 amide bonds. The first-order valence-electron chi connectivity index (χ1n) is 2.96. The zero-order chi connectivity index (χ0) is 7.61. The number of rotatable bonds is 1. The number of hydrogen-bond donors (Lipinski definition) is 1. The monoisotopic (exact) mass is 157 g/mol. The summed E-state index contributed by atoms with van der Waals surface area (Å²) in [6.45, 7) is 0.